The van der Waals surface area contributed by atoms with Gasteiger partial charge in [-0.15, -0.1) is 0 Å². The summed E-state index contributed by atoms with van der Waals surface area (Å²) in [6, 6.07) is 25.4. The molecule has 0 fully saturated rings. The summed E-state index contributed by atoms with van der Waals surface area (Å²) in [5.74, 6) is -0.553. The van der Waals surface area contributed by atoms with E-state index < -0.39 is 21.9 Å². The first-order valence-corrected chi connectivity index (χ1v) is 13.2. The highest BCUT2D eigenvalue weighted by Gasteiger charge is 2.14. The molecule has 0 atom stereocenters. The van der Waals surface area contributed by atoms with Crippen LogP contribution in [-0.4, -0.2) is 26.5 Å². The summed E-state index contributed by atoms with van der Waals surface area (Å²) in [5.41, 5.74) is 5.17. The van der Waals surface area contributed by atoms with Gasteiger partial charge in [0, 0.05) is 16.3 Å². The van der Waals surface area contributed by atoms with Gasteiger partial charge in [0.1, 0.15) is 5.75 Å². The molecule has 0 spiro atoms. The fourth-order valence-electron chi connectivity index (χ4n) is 3.22. The maximum atomic E-state index is 12.5. The van der Waals surface area contributed by atoms with Crippen LogP contribution >= 0.6 is 11.6 Å². The second kappa shape index (κ2) is 11.7. The van der Waals surface area contributed by atoms with E-state index in [2.05, 4.69) is 15.2 Å². The van der Waals surface area contributed by atoms with Crippen molar-refractivity contribution in [2.45, 2.75) is 11.8 Å². The first-order valence-electron chi connectivity index (χ1n) is 11.3. The molecule has 4 aromatic rings. The SMILES string of the molecule is Cc1ccc(C(=O)Oc2ccc(/C=N/NC(=O)c3ccc(NS(=O)(=O)c4ccc(Cl)cc4)cc3)cc2)cc1. The summed E-state index contributed by atoms with van der Waals surface area (Å²) in [6.45, 7) is 1.94. The normalized spacial score (nSPS) is 11.2. The molecule has 0 radical (unpaired) electrons. The highest BCUT2D eigenvalue weighted by Crippen LogP contribution is 2.19. The molecule has 8 nitrogen and oxygen atoms in total. The number of sulfonamides is 1. The van der Waals surface area contributed by atoms with E-state index >= 15 is 0 Å². The first kappa shape index (κ1) is 26.6. The molecule has 0 saturated carbocycles. The number of hydrazone groups is 1. The Morgan fingerprint density at radius 3 is 2.05 bits per heavy atom. The van der Waals surface area contributed by atoms with Crippen LogP contribution in [0.2, 0.25) is 5.02 Å². The summed E-state index contributed by atoms with van der Waals surface area (Å²) in [4.78, 5) is 24.7. The number of amides is 1. The van der Waals surface area contributed by atoms with Crippen LogP contribution in [0.5, 0.6) is 5.75 Å². The van der Waals surface area contributed by atoms with Crippen LogP contribution in [0.3, 0.4) is 0 Å². The fourth-order valence-corrected chi connectivity index (χ4v) is 4.41. The lowest BCUT2D eigenvalue weighted by molar-refractivity contribution is 0.0734. The minimum atomic E-state index is -3.79. The molecule has 0 unspecified atom stereocenters. The molecule has 38 heavy (non-hydrogen) atoms. The van der Waals surface area contributed by atoms with Crippen molar-refractivity contribution in [1.82, 2.24) is 5.43 Å². The molecule has 2 N–H and O–H groups in total. The third-order valence-electron chi connectivity index (χ3n) is 5.28. The molecule has 1 amide bonds. The van der Waals surface area contributed by atoms with Gasteiger partial charge in [0.15, 0.2) is 0 Å². The fraction of sp³-hybridized carbons (Fsp3) is 0.0357. The predicted octanol–water partition coefficient (Wildman–Crippen LogP) is 5.43. The number of nitrogens with zero attached hydrogens (tertiary/aromatic N) is 1. The Morgan fingerprint density at radius 2 is 1.42 bits per heavy atom. The number of nitrogens with one attached hydrogen (secondary N) is 2. The first-order chi connectivity index (χ1) is 18.2. The Kier molecular flexibility index (Phi) is 8.20. The zero-order valence-electron chi connectivity index (χ0n) is 20.1. The second-order valence-electron chi connectivity index (χ2n) is 8.16. The van der Waals surface area contributed by atoms with Crippen LogP contribution in [0.1, 0.15) is 31.8 Å². The van der Waals surface area contributed by atoms with E-state index in [0.717, 1.165) is 5.56 Å². The van der Waals surface area contributed by atoms with E-state index in [1.165, 1.54) is 54.7 Å². The minimum Gasteiger partial charge on any atom is -0.423 e. The quantitative estimate of drug-likeness (QED) is 0.132. The maximum absolute atomic E-state index is 12.5. The van der Waals surface area contributed by atoms with Crippen LogP contribution in [0.15, 0.2) is 107 Å². The van der Waals surface area contributed by atoms with E-state index in [9.17, 15) is 18.0 Å². The zero-order valence-corrected chi connectivity index (χ0v) is 21.7. The summed E-state index contributed by atoms with van der Waals surface area (Å²) in [7, 11) is -3.79. The van der Waals surface area contributed by atoms with Gasteiger partial charge in [0.2, 0.25) is 0 Å². The molecular formula is C28H22ClN3O5S. The van der Waals surface area contributed by atoms with Crippen molar-refractivity contribution in [1.29, 1.82) is 0 Å². The van der Waals surface area contributed by atoms with Crippen molar-refractivity contribution < 1.29 is 22.7 Å². The van der Waals surface area contributed by atoms with Gasteiger partial charge in [0.05, 0.1) is 16.7 Å². The van der Waals surface area contributed by atoms with Crippen molar-refractivity contribution >= 4 is 45.4 Å². The number of anilines is 1. The minimum absolute atomic E-state index is 0.0653. The van der Waals surface area contributed by atoms with Gasteiger partial charge < -0.3 is 4.74 Å². The Bertz CT molecular complexity index is 1570. The lowest BCUT2D eigenvalue weighted by atomic mass is 10.1. The van der Waals surface area contributed by atoms with E-state index in [0.29, 0.717) is 27.6 Å². The number of hydrogen-bond acceptors (Lipinski definition) is 6. The molecule has 0 aromatic heterocycles. The maximum Gasteiger partial charge on any atom is 0.343 e. The van der Waals surface area contributed by atoms with E-state index in [-0.39, 0.29) is 10.5 Å². The summed E-state index contributed by atoms with van der Waals surface area (Å²) < 4.78 is 32.8. The Morgan fingerprint density at radius 1 is 0.816 bits per heavy atom. The molecule has 0 aliphatic rings. The molecule has 0 aliphatic heterocycles. The molecule has 4 rings (SSSR count). The van der Waals surface area contributed by atoms with Crippen LogP contribution in [0.4, 0.5) is 5.69 Å². The van der Waals surface area contributed by atoms with Crippen molar-refractivity contribution in [2.24, 2.45) is 5.10 Å². The molecule has 0 saturated heterocycles. The number of carbonyl (C=O) groups is 2. The summed E-state index contributed by atoms with van der Waals surface area (Å²) in [6.07, 6.45) is 1.44. The number of ether oxygens (including phenoxy) is 1. The highest BCUT2D eigenvalue weighted by atomic mass is 35.5. The van der Waals surface area contributed by atoms with Crippen molar-refractivity contribution in [3.63, 3.8) is 0 Å². The number of rotatable bonds is 8. The van der Waals surface area contributed by atoms with Gasteiger partial charge >= 0.3 is 5.97 Å². The summed E-state index contributed by atoms with van der Waals surface area (Å²) >= 11 is 5.81. The smallest absolute Gasteiger partial charge is 0.343 e. The van der Waals surface area contributed by atoms with E-state index in [4.69, 9.17) is 16.3 Å². The molecule has 10 heteroatoms. The van der Waals surface area contributed by atoms with Gasteiger partial charge in [-0.05, 0) is 97.4 Å². The molecule has 4 aromatic carbocycles. The van der Waals surface area contributed by atoms with Crippen LogP contribution < -0.4 is 14.9 Å². The summed E-state index contributed by atoms with van der Waals surface area (Å²) in [5, 5.41) is 4.37. The standard InChI is InChI=1S/C28H22ClN3O5S/c1-19-2-6-22(7-3-19)28(34)37-25-14-4-20(5-15-25)18-30-31-27(33)21-8-12-24(13-9-21)32-38(35,36)26-16-10-23(29)11-17-26/h2-18,32H,1H3,(H,31,33)/b30-18+. The van der Waals surface area contributed by atoms with Crippen molar-refractivity contribution in [3.8, 4) is 5.75 Å². The van der Waals surface area contributed by atoms with Gasteiger partial charge in [-0.2, -0.15) is 5.10 Å². The molecule has 0 heterocycles. The average Bonchev–Trinajstić information content (AvgIpc) is 2.90. The van der Waals surface area contributed by atoms with Crippen LogP contribution in [-0.2, 0) is 10.0 Å². The number of halogens is 1. The van der Waals surface area contributed by atoms with Gasteiger partial charge in [-0.3, -0.25) is 9.52 Å². The predicted molar refractivity (Wildman–Crippen MR) is 146 cm³/mol. The molecule has 192 valence electrons. The number of aryl methyl sites for hydroxylation is 1. The Balaban J connectivity index is 1.30. The zero-order chi connectivity index (χ0) is 27.1. The van der Waals surface area contributed by atoms with Crippen LogP contribution in [0.25, 0.3) is 0 Å². The van der Waals surface area contributed by atoms with Gasteiger partial charge in [-0.25, -0.2) is 18.6 Å². The molecule has 0 bridgehead atoms. The number of esters is 1. The molecular weight excluding hydrogens is 526 g/mol. The largest absolute Gasteiger partial charge is 0.423 e. The van der Waals surface area contributed by atoms with Gasteiger partial charge in [0.25, 0.3) is 15.9 Å². The second-order valence-corrected chi connectivity index (χ2v) is 10.3. The lowest BCUT2D eigenvalue weighted by Gasteiger charge is -2.09. The third kappa shape index (κ3) is 7.06. The van der Waals surface area contributed by atoms with E-state index in [1.807, 2.05) is 19.1 Å². The van der Waals surface area contributed by atoms with Crippen molar-refractivity contribution in [2.75, 3.05) is 4.72 Å². The monoisotopic (exact) mass is 547 g/mol. The lowest BCUT2D eigenvalue weighted by Crippen LogP contribution is -2.18. The number of carbonyl (C=O) groups excluding carboxylic acids is 2. The van der Waals surface area contributed by atoms with E-state index in [1.54, 1.807) is 36.4 Å². The number of hydrogen-bond donors (Lipinski definition) is 2. The highest BCUT2D eigenvalue weighted by molar-refractivity contribution is 7.92. The topological polar surface area (TPSA) is 114 Å². The Hall–Kier alpha value is -4.47. The third-order valence-corrected chi connectivity index (χ3v) is 6.93. The van der Waals surface area contributed by atoms with Crippen molar-refractivity contribution in [3.05, 3.63) is 124 Å². The number of benzene rings is 4. The van der Waals surface area contributed by atoms with Gasteiger partial charge in [-0.1, -0.05) is 29.3 Å². The molecule has 0 aliphatic carbocycles. The Labute approximate surface area is 225 Å². The average molecular weight is 548 g/mol. The van der Waals surface area contributed by atoms with Crippen LogP contribution in [0, 0.1) is 6.92 Å².